The van der Waals surface area contributed by atoms with Gasteiger partial charge in [0.05, 0.1) is 26.2 Å². The zero-order valence-electron chi connectivity index (χ0n) is 43.6. The lowest BCUT2D eigenvalue weighted by Gasteiger charge is -2.33. The van der Waals surface area contributed by atoms with Crippen LogP contribution in [-0.2, 0) is 49.6 Å². The fourth-order valence-corrected chi connectivity index (χ4v) is 9.73. The third kappa shape index (κ3) is 21.5. The normalized spacial score (nSPS) is 18.5. The van der Waals surface area contributed by atoms with E-state index in [1.165, 1.54) is 0 Å². The van der Waals surface area contributed by atoms with E-state index in [2.05, 4.69) is 38.7 Å². The third-order valence-corrected chi connectivity index (χ3v) is 14.1. The van der Waals surface area contributed by atoms with E-state index < -0.39 is 84.6 Å². The minimum atomic E-state index is -1.56. The highest BCUT2D eigenvalue weighted by molar-refractivity contribution is 5.98. The molecule has 426 valence electrons. The van der Waals surface area contributed by atoms with Crippen molar-refractivity contribution < 1.29 is 78.6 Å². The first-order valence-corrected chi connectivity index (χ1v) is 26.3. The summed E-state index contributed by atoms with van der Waals surface area (Å²) in [5.74, 6) is -8.70. The Kier molecular flexibility index (Phi) is 24.4. The Hall–Kier alpha value is -7.48. The molecule has 1 saturated carbocycles. The molecule has 0 spiro atoms. The zero-order valence-corrected chi connectivity index (χ0v) is 43.6. The van der Waals surface area contributed by atoms with Crippen molar-refractivity contribution in [1.29, 1.82) is 0 Å². The van der Waals surface area contributed by atoms with Gasteiger partial charge in [0, 0.05) is 84.2 Å². The van der Waals surface area contributed by atoms with E-state index in [0.29, 0.717) is 45.3 Å². The number of carboxylic acids is 6. The van der Waals surface area contributed by atoms with Crippen molar-refractivity contribution in [2.45, 2.75) is 82.3 Å². The van der Waals surface area contributed by atoms with Gasteiger partial charge in [-0.1, -0.05) is 42.5 Å². The van der Waals surface area contributed by atoms with E-state index in [9.17, 15) is 73.5 Å². The average Bonchev–Trinajstić information content (AvgIpc) is 3.38. The number of carbonyl (C=O) groups is 10. The summed E-state index contributed by atoms with van der Waals surface area (Å²) in [5, 5.41) is 73.7. The molecule has 78 heavy (non-hydrogen) atoms. The van der Waals surface area contributed by atoms with Crippen LogP contribution in [0.1, 0.15) is 63.4 Å². The number of carboxylic acid groups (broad SMARTS) is 6. The fraction of sp³-hybridized carbons (Fsp3) is 0.547. The first-order valence-electron chi connectivity index (χ1n) is 26.3. The van der Waals surface area contributed by atoms with Gasteiger partial charge in [-0.05, 0) is 96.5 Å². The SMILES string of the molecule is O=C(O)CC[C@H](NC(=O)N[C@@H](CCCCNC(=O)[C@H](Cc1ccc2cc3ccccc3cc2c1)NC(=O)C1CCC(CNC(=O)CN2CCN(CC(=O)O)CCN(CC(=O)O)CCN(CC(=O)O)CC2)CC1)C(=O)O)C(=O)O. The van der Waals surface area contributed by atoms with Crippen molar-refractivity contribution in [2.75, 3.05) is 91.6 Å². The van der Waals surface area contributed by atoms with E-state index in [1.54, 1.807) is 14.7 Å². The van der Waals surface area contributed by atoms with E-state index in [1.807, 2.05) is 47.4 Å². The lowest BCUT2D eigenvalue weighted by molar-refractivity contribution is -0.141. The molecule has 5 amide bonds. The van der Waals surface area contributed by atoms with Crippen molar-refractivity contribution >= 4 is 81.1 Å². The second-order valence-electron chi connectivity index (χ2n) is 20.1. The molecule has 0 radical (unpaired) electrons. The number of unbranched alkanes of at least 4 members (excludes halogenated alkanes) is 1. The van der Waals surface area contributed by atoms with Gasteiger partial charge in [0.2, 0.25) is 17.7 Å². The molecule has 1 heterocycles. The second-order valence-corrected chi connectivity index (χ2v) is 20.1. The van der Waals surface area contributed by atoms with Crippen LogP contribution in [-0.4, -0.2) is 220 Å². The third-order valence-electron chi connectivity index (χ3n) is 14.1. The van der Waals surface area contributed by atoms with Gasteiger partial charge >= 0.3 is 41.8 Å². The molecular formula is C53H73N9O16. The van der Waals surface area contributed by atoms with Crippen LogP contribution in [0.25, 0.3) is 21.5 Å². The molecule has 1 saturated heterocycles. The molecule has 5 rings (SSSR count). The monoisotopic (exact) mass is 1090 g/mol. The van der Waals surface area contributed by atoms with Gasteiger partial charge in [-0.3, -0.25) is 53.2 Å². The number of urea groups is 1. The van der Waals surface area contributed by atoms with Crippen LogP contribution in [0.4, 0.5) is 4.79 Å². The van der Waals surface area contributed by atoms with Crippen molar-refractivity contribution in [3.63, 3.8) is 0 Å². The molecule has 0 bridgehead atoms. The first-order chi connectivity index (χ1) is 37.2. The second kappa shape index (κ2) is 31.1. The number of carbonyl (C=O) groups excluding carboxylic acids is 4. The van der Waals surface area contributed by atoms with Crippen molar-refractivity contribution in [1.82, 2.24) is 46.2 Å². The molecule has 11 N–H and O–H groups in total. The Bertz CT molecular complexity index is 2560. The number of benzene rings is 3. The van der Waals surface area contributed by atoms with Crippen molar-refractivity contribution in [3.05, 3.63) is 60.2 Å². The van der Waals surface area contributed by atoms with E-state index >= 15 is 0 Å². The summed E-state index contributed by atoms with van der Waals surface area (Å²) < 4.78 is 0. The number of aliphatic carboxylic acids is 6. The number of hydrogen-bond acceptors (Lipinski definition) is 14. The Morgan fingerprint density at radius 2 is 0.987 bits per heavy atom. The summed E-state index contributed by atoms with van der Waals surface area (Å²) >= 11 is 0. The van der Waals surface area contributed by atoms with Gasteiger partial charge in [-0.15, -0.1) is 0 Å². The minimum absolute atomic E-state index is 0.0316. The predicted molar refractivity (Wildman–Crippen MR) is 282 cm³/mol. The average molecular weight is 1090 g/mol. The predicted octanol–water partition coefficient (Wildman–Crippen LogP) is 0.775. The first kappa shape index (κ1) is 61.4. The molecule has 3 aromatic rings. The molecule has 0 aromatic heterocycles. The maximum Gasteiger partial charge on any atom is 0.326 e. The number of amides is 5. The quantitative estimate of drug-likeness (QED) is 0.0371. The van der Waals surface area contributed by atoms with Crippen LogP contribution in [0.15, 0.2) is 54.6 Å². The maximum absolute atomic E-state index is 14.0. The Morgan fingerprint density at radius 3 is 1.49 bits per heavy atom. The molecule has 3 atom stereocenters. The number of nitrogens with one attached hydrogen (secondary N) is 5. The molecule has 2 aliphatic rings. The van der Waals surface area contributed by atoms with Gasteiger partial charge in [0.15, 0.2) is 0 Å². The summed E-state index contributed by atoms with van der Waals surface area (Å²) in [7, 11) is 0. The maximum atomic E-state index is 14.0. The molecule has 1 aliphatic carbocycles. The molecule has 25 heteroatoms. The standard InChI is InChI=1S/C53H73N9O16/c63-44(30-59-17-19-60(31-46(66)67)21-23-62(33-48(70)71)24-22-61(20-18-59)32-47(68)69)55-29-34-8-11-36(12-9-34)49(72)56-43(26-35-10-13-39-27-37-5-1-2-6-38(37)28-40(39)25-35)50(73)54-16-4-3-7-41(51(74)75)57-53(78)58-42(52(76)77)14-15-45(64)65/h1-2,5-6,10,13,25,27-28,34,36,41-43H,3-4,7-9,11-12,14-24,26,29-33H2,(H,54,73)(H,55,63)(H,56,72)(H,64,65)(H,66,67)(H,68,69)(H,70,71)(H,74,75)(H,76,77)(H2,57,58,78)/t34?,36?,41-,42-,43-/m0/s1. The highest BCUT2D eigenvalue weighted by atomic mass is 16.4. The molecule has 1 aliphatic heterocycles. The lowest BCUT2D eigenvalue weighted by atomic mass is 9.81. The number of hydrogen-bond donors (Lipinski definition) is 11. The zero-order chi connectivity index (χ0) is 56.7. The van der Waals surface area contributed by atoms with Crippen LogP contribution < -0.4 is 26.6 Å². The highest BCUT2D eigenvalue weighted by Gasteiger charge is 2.31. The fourth-order valence-electron chi connectivity index (χ4n) is 9.73. The van der Waals surface area contributed by atoms with E-state index in [0.717, 1.165) is 27.1 Å². The summed E-state index contributed by atoms with van der Waals surface area (Å²) in [6.07, 6.45) is 1.85. The van der Waals surface area contributed by atoms with E-state index in [-0.39, 0.29) is 115 Å². The molecule has 2 fully saturated rings. The Morgan fingerprint density at radius 1 is 0.500 bits per heavy atom. The van der Waals surface area contributed by atoms with Gasteiger partial charge in [-0.25, -0.2) is 14.4 Å². The topological polar surface area (TPSA) is 365 Å². The Balaban J connectivity index is 1.15. The van der Waals surface area contributed by atoms with Gasteiger partial charge in [0.25, 0.3) is 0 Å². The van der Waals surface area contributed by atoms with Gasteiger partial charge in [-0.2, -0.15) is 0 Å². The molecular weight excluding hydrogens is 1020 g/mol. The van der Waals surface area contributed by atoms with Gasteiger partial charge in [0.1, 0.15) is 18.1 Å². The molecule has 3 aromatic carbocycles. The summed E-state index contributed by atoms with van der Waals surface area (Å²) in [5.41, 5.74) is 0.798. The number of fused-ring (bicyclic) bond motifs is 2. The lowest BCUT2D eigenvalue weighted by Crippen LogP contribution is -2.51. The van der Waals surface area contributed by atoms with Crippen LogP contribution in [0, 0.1) is 11.8 Å². The number of rotatable bonds is 27. The van der Waals surface area contributed by atoms with E-state index in [4.69, 9.17) is 5.11 Å². The van der Waals surface area contributed by atoms with Crippen molar-refractivity contribution in [2.24, 2.45) is 11.8 Å². The smallest absolute Gasteiger partial charge is 0.326 e. The summed E-state index contributed by atoms with van der Waals surface area (Å²) in [6, 6.07) is 12.9. The minimum Gasteiger partial charge on any atom is -0.481 e. The van der Waals surface area contributed by atoms with Crippen molar-refractivity contribution in [3.8, 4) is 0 Å². The summed E-state index contributed by atoms with van der Waals surface area (Å²) in [6.45, 7) is 1.69. The van der Waals surface area contributed by atoms with Crippen LogP contribution >= 0.6 is 0 Å². The van der Waals surface area contributed by atoms with Gasteiger partial charge < -0.3 is 57.2 Å². The highest BCUT2D eigenvalue weighted by Crippen LogP contribution is 2.29. The molecule has 0 unspecified atom stereocenters. The Labute approximate surface area is 450 Å². The van der Waals surface area contributed by atoms with Crippen LogP contribution in [0.5, 0.6) is 0 Å². The van der Waals surface area contributed by atoms with Crippen LogP contribution in [0.2, 0.25) is 0 Å². The largest absolute Gasteiger partial charge is 0.481 e. The van der Waals surface area contributed by atoms with Crippen LogP contribution in [0.3, 0.4) is 0 Å². The molecule has 25 nitrogen and oxygen atoms in total. The number of nitrogens with zero attached hydrogens (tertiary/aromatic N) is 4. The summed E-state index contributed by atoms with van der Waals surface area (Å²) in [4.78, 5) is 130.